The summed E-state index contributed by atoms with van der Waals surface area (Å²) in [6.07, 6.45) is 1.82. The van der Waals surface area contributed by atoms with Crippen LogP contribution in [0.15, 0.2) is 24.4 Å². The fraction of sp³-hybridized carbons (Fsp3) is 0.545. The molecule has 2 heteroatoms. The molecule has 0 N–H and O–H groups in total. The van der Waals surface area contributed by atoms with Crippen molar-refractivity contribution in [1.29, 1.82) is 0 Å². The van der Waals surface area contributed by atoms with Crippen LogP contribution in [0.1, 0.15) is 32.4 Å². The van der Waals surface area contributed by atoms with Crippen LogP contribution in [-0.4, -0.2) is 10.4 Å². The van der Waals surface area contributed by atoms with Crippen molar-refractivity contribution < 1.29 is 0 Å². The summed E-state index contributed by atoms with van der Waals surface area (Å²) >= 11 is 6.26. The number of aromatic nitrogens is 1. The Morgan fingerprint density at radius 2 is 1.92 bits per heavy atom. The van der Waals surface area contributed by atoms with Gasteiger partial charge in [-0.05, 0) is 18.1 Å². The van der Waals surface area contributed by atoms with Crippen molar-refractivity contribution >= 4 is 11.6 Å². The molecule has 0 aliphatic carbocycles. The zero-order valence-electron chi connectivity index (χ0n) is 8.37. The number of halogens is 1. The lowest BCUT2D eigenvalue weighted by Gasteiger charge is -2.20. The van der Waals surface area contributed by atoms with E-state index in [2.05, 4.69) is 25.8 Å². The van der Waals surface area contributed by atoms with Crippen molar-refractivity contribution in [2.24, 2.45) is 5.92 Å². The summed E-state index contributed by atoms with van der Waals surface area (Å²) in [6.45, 7) is 6.40. The van der Waals surface area contributed by atoms with Gasteiger partial charge < -0.3 is 0 Å². The van der Waals surface area contributed by atoms with Gasteiger partial charge in [-0.2, -0.15) is 0 Å². The number of hydrogen-bond acceptors (Lipinski definition) is 1. The molecule has 0 aliphatic rings. The highest BCUT2D eigenvalue weighted by Crippen LogP contribution is 2.26. The second kappa shape index (κ2) is 4.61. The largest absolute Gasteiger partial charge is 0.261 e. The maximum absolute atomic E-state index is 6.26. The predicted molar refractivity (Wildman–Crippen MR) is 57.1 cm³/mol. The first-order valence-corrected chi connectivity index (χ1v) is 5.11. The SMILES string of the molecule is CC(C)C(Cl)C(C)c1ccccn1. The Balaban J connectivity index is 2.73. The summed E-state index contributed by atoms with van der Waals surface area (Å²) in [7, 11) is 0. The highest BCUT2D eigenvalue weighted by Gasteiger charge is 2.20. The molecule has 0 saturated heterocycles. The molecule has 0 amide bonds. The Morgan fingerprint density at radius 3 is 2.38 bits per heavy atom. The minimum Gasteiger partial charge on any atom is -0.261 e. The van der Waals surface area contributed by atoms with Crippen LogP contribution >= 0.6 is 11.6 Å². The molecule has 1 aromatic rings. The minimum atomic E-state index is 0.162. The monoisotopic (exact) mass is 197 g/mol. The normalized spacial score (nSPS) is 15.8. The topological polar surface area (TPSA) is 12.9 Å². The number of hydrogen-bond donors (Lipinski definition) is 0. The van der Waals surface area contributed by atoms with Gasteiger partial charge in [0, 0.05) is 23.2 Å². The Labute approximate surface area is 85.1 Å². The molecule has 0 aliphatic heterocycles. The molecule has 0 radical (unpaired) electrons. The summed E-state index contributed by atoms with van der Waals surface area (Å²) in [5, 5.41) is 0.162. The van der Waals surface area contributed by atoms with Gasteiger partial charge in [-0.3, -0.25) is 4.98 Å². The van der Waals surface area contributed by atoms with E-state index >= 15 is 0 Å². The average molecular weight is 198 g/mol. The molecule has 1 rings (SSSR count). The molecule has 0 spiro atoms. The van der Waals surface area contributed by atoms with Crippen molar-refractivity contribution in [2.75, 3.05) is 0 Å². The second-order valence-electron chi connectivity index (χ2n) is 3.73. The Kier molecular flexibility index (Phi) is 3.73. The van der Waals surface area contributed by atoms with Crippen molar-refractivity contribution in [3.63, 3.8) is 0 Å². The van der Waals surface area contributed by atoms with E-state index in [1.807, 2.05) is 24.4 Å². The first kappa shape index (κ1) is 10.5. The van der Waals surface area contributed by atoms with Gasteiger partial charge in [-0.15, -0.1) is 11.6 Å². The predicted octanol–water partition coefficient (Wildman–Crippen LogP) is 3.45. The molecule has 0 bridgehead atoms. The van der Waals surface area contributed by atoms with E-state index in [1.54, 1.807) is 0 Å². The Morgan fingerprint density at radius 1 is 1.23 bits per heavy atom. The summed E-state index contributed by atoms with van der Waals surface area (Å²) < 4.78 is 0. The van der Waals surface area contributed by atoms with Crippen molar-refractivity contribution in [3.8, 4) is 0 Å². The number of pyridine rings is 1. The summed E-state index contributed by atoms with van der Waals surface area (Å²) in [6, 6.07) is 5.96. The third-order valence-corrected chi connectivity index (χ3v) is 3.15. The van der Waals surface area contributed by atoms with Crippen molar-refractivity contribution in [1.82, 2.24) is 4.98 Å². The maximum Gasteiger partial charge on any atom is 0.0446 e. The number of nitrogens with zero attached hydrogens (tertiary/aromatic N) is 1. The van der Waals surface area contributed by atoms with Crippen LogP contribution in [-0.2, 0) is 0 Å². The van der Waals surface area contributed by atoms with Gasteiger partial charge in [0.15, 0.2) is 0 Å². The Bertz CT molecular complexity index is 246. The van der Waals surface area contributed by atoms with Crippen LogP contribution < -0.4 is 0 Å². The third kappa shape index (κ3) is 2.70. The van der Waals surface area contributed by atoms with Crippen LogP contribution in [0, 0.1) is 5.92 Å². The maximum atomic E-state index is 6.26. The quantitative estimate of drug-likeness (QED) is 0.677. The van der Waals surface area contributed by atoms with Gasteiger partial charge >= 0.3 is 0 Å². The number of alkyl halides is 1. The molecule has 2 unspecified atom stereocenters. The smallest absolute Gasteiger partial charge is 0.0446 e. The fourth-order valence-corrected chi connectivity index (χ4v) is 1.51. The Hall–Kier alpha value is -0.560. The van der Waals surface area contributed by atoms with E-state index in [1.165, 1.54) is 0 Å². The van der Waals surface area contributed by atoms with Gasteiger partial charge in [0.25, 0.3) is 0 Å². The molecule has 13 heavy (non-hydrogen) atoms. The molecule has 1 nitrogen and oxygen atoms in total. The highest BCUT2D eigenvalue weighted by atomic mass is 35.5. The van der Waals surface area contributed by atoms with Crippen LogP contribution in [0.4, 0.5) is 0 Å². The molecule has 0 fully saturated rings. The standard InChI is InChI=1S/C11H16ClN/c1-8(2)11(12)9(3)10-6-4-5-7-13-10/h4-9,11H,1-3H3. The van der Waals surface area contributed by atoms with Gasteiger partial charge in [0.2, 0.25) is 0 Å². The summed E-state index contributed by atoms with van der Waals surface area (Å²) in [4.78, 5) is 4.30. The average Bonchev–Trinajstić information content (AvgIpc) is 2.17. The van der Waals surface area contributed by atoms with Crippen LogP contribution in [0.25, 0.3) is 0 Å². The van der Waals surface area contributed by atoms with Gasteiger partial charge in [0.1, 0.15) is 0 Å². The van der Waals surface area contributed by atoms with E-state index in [4.69, 9.17) is 11.6 Å². The first-order chi connectivity index (χ1) is 6.13. The van der Waals surface area contributed by atoms with Crippen LogP contribution in [0.3, 0.4) is 0 Å². The fourth-order valence-electron chi connectivity index (χ4n) is 1.39. The molecular formula is C11H16ClN. The molecule has 0 saturated carbocycles. The molecular weight excluding hydrogens is 182 g/mol. The van der Waals surface area contributed by atoms with Crippen molar-refractivity contribution in [3.05, 3.63) is 30.1 Å². The van der Waals surface area contributed by atoms with E-state index in [-0.39, 0.29) is 5.38 Å². The molecule has 0 aromatic carbocycles. The first-order valence-electron chi connectivity index (χ1n) is 4.68. The van der Waals surface area contributed by atoms with Gasteiger partial charge in [-0.1, -0.05) is 26.8 Å². The van der Waals surface area contributed by atoms with E-state index in [0.717, 1.165) is 5.69 Å². The van der Waals surface area contributed by atoms with E-state index < -0.39 is 0 Å². The molecule has 72 valence electrons. The van der Waals surface area contributed by atoms with Gasteiger partial charge in [-0.25, -0.2) is 0 Å². The summed E-state index contributed by atoms with van der Waals surface area (Å²) in [5.74, 6) is 0.807. The lowest BCUT2D eigenvalue weighted by atomic mass is 9.95. The van der Waals surface area contributed by atoms with E-state index in [9.17, 15) is 0 Å². The lowest BCUT2D eigenvalue weighted by Crippen LogP contribution is -2.16. The van der Waals surface area contributed by atoms with E-state index in [0.29, 0.717) is 11.8 Å². The van der Waals surface area contributed by atoms with Crippen molar-refractivity contribution in [2.45, 2.75) is 32.1 Å². The number of rotatable bonds is 3. The minimum absolute atomic E-state index is 0.162. The molecule has 1 heterocycles. The zero-order valence-corrected chi connectivity index (χ0v) is 9.12. The molecule has 1 aromatic heterocycles. The van der Waals surface area contributed by atoms with Gasteiger partial charge in [0.05, 0.1) is 0 Å². The van der Waals surface area contributed by atoms with Crippen LogP contribution in [0.2, 0.25) is 0 Å². The summed E-state index contributed by atoms with van der Waals surface area (Å²) in [5.41, 5.74) is 1.08. The lowest BCUT2D eigenvalue weighted by molar-refractivity contribution is 0.526. The second-order valence-corrected chi connectivity index (χ2v) is 4.24. The van der Waals surface area contributed by atoms with Crippen LogP contribution in [0.5, 0.6) is 0 Å². The zero-order chi connectivity index (χ0) is 9.84. The third-order valence-electron chi connectivity index (χ3n) is 2.27. The highest BCUT2D eigenvalue weighted by molar-refractivity contribution is 6.21. The molecule has 2 atom stereocenters.